The van der Waals surface area contributed by atoms with E-state index in [1.54, 1.807) is 19.1 Å². The molecule has 0 aliphatic rings. The number of para-hydroxylation sites is 1. The van der Waals surface area contributed by atoms with Crippen LogP contribution in [-0.4, -0.2) is 13.4 Å². The van der Waals surface area contributed by atoms with Gasteiger partial charge in [0.25, 0.3) is 0 Å². The van der Waals surface area contributed by atoms with Crippen LogP contribution in [0.1, 0.15) is 5.69 Å². The molecule has 0 aliphatic carbocycles. The molecule has 0 amide bonds. The summed E-state index contributed by atoms with van der Waals surface area (Å²) >= 11 is 5.63. The first kappa shape index (κ1) is 15.7. The van der Waals surface area contributed by atoms with Gasteiger partial charge in [0.2, 0.25) is 0 Å². The van der Waals surface area contributed by atoms with Gasteiger partial charge < -0.3 is 4.18 Å². The van der Waals surface area contributed by atoms with Crippen LogP contribution in [-0.2, 0) is 10.1 Å². The molecule has 3 rings (SSSR count). The minimum absolute atomic E-state index is 0.103. The van der Waals surface area contributed by atoms with E-state index in [1.165, 1.54) is 6.07 Å². The lowest BCUT2D eigenvalue weighted by Gasteiger charge is -2.10. The number of hydrogen-bond donors (Lipinski definition) is 0. The van der Waals surface area contributed by atoms with E-state index < -0.39 is 15.9 Å². The normalized spacial score (nSPS) is 11.6. The minimum Gasteiger partial charge on any atom is -0.377 e. The number of nitrogens with zero attached hydrogens (tertiary/aromatic N) is 1. The highest BCUT2D eigenvalue weighted by molar-refractivity contribution is 7.87. The van der Waals surface area contributed by atoms with E-state index in [9.17, 15) is 12.8 Å². The fourth-order valence-electron chi connectivity index (χ4n) is 2.08. The highest BCUT2D eigenvalue weighted by Crippen LogP contribution is 2.28. The van der Waals surface area contributed by atoms with Crippen molar-refractivity contribution in [2.45, 2.75) is 11.8 Å². The molecule has 1 aromatic heterocycles. The van der Waals surface area contributed by atoms with Gasteiger partial charge in [-0.1, -0.05) is 29.8 Å². The average Bonchev–Trinajstić information content (AvgIpc) is 2.50. The number of rotatable bonds is 3. The molecule has 7 heteroatoms. The molecule has 0 aliphatic heterocycles. The van der Waals surface area contributed by atoms with Gasteiger partial charge in [-0.3, -0.25) is 0 Å². The van der Waals surface area contributed by atoms with Crippen molar-refractivity contribution in [1.82, 2.24) is 4.98 Å². The lowest BCUT2D eigenvalue weighted by Crippen LogP contribution is -2.10. The zero-order valence-electron chi connectivity index (χ0n) is 12.0. The molecular weight excluding hydrogens is 341 g/mol. The van der Waals surface area contributed by atoms with Crippen LogP contribution < -0.4 is 4.18 Å². The molecule has 23 heavy (non-hydrogen) atoms. The largest absolute Gasteiger partial charge is 0.377 e. The molecule has 0 spiro atoms. The Hall–Kier alpha value is -2.18. The summed E-state index contributed by atoms with van der Waals surface area (Å²) in [7, 11) is -4.15. The van der Waals surface area contributed by atoms with Crippen molar-refractivity contribution in [2.24, 2.45) is 0 Å². The van der Waals surface area contributed by atoms with Gasteiger partial charge in [0.1, 0.15) is 16.2 Å². The summed E-state index contributed by atoms with van der Waals surface area (Å²) in [6, 6.07) is 11.7. The third-order valence-corrected chi connectivity index (χ3v) is 4.72. The SMILES string of the molecule is Cc1ccc2cccc(OS(=O)(=O)c3ccc(F)c(Cl)c3)c2n1. The summed E-state index contributed by atoms with van der Waals surface area (Å²) in [5.74, 6) is -0.597. The second-order valence-corrected chi connectivity index (χ2v) is 6.85. The Bertz CT molecular complexity index is 1010. The molecule has 0 radical (unpaired) electrons. The number of halogens is 2. The molecule has 118 valence electrons. The van der Waals surface area contributed by atoms with Gasteiger partial charge in [-0.15, -0.1) is 0 Å². The van der Waals surface area contributed by atoms with Gasteiger partial charge in [-0.05, 0) is 37.3 Å². The maximum absolute atomic E-state index is 13.2. The first-order valence-corrected chi connectivity index (χ1v) is 8.41. The Morgan fingerprint density at radius 2 is 1.91 bits per heavy atom. The number of aryl methyl sites for hydroxylation is 1. The van der Waals surface area contributed by atoms with Gasteiger partial charge >= 0.3 is 10.1 Å². The van der Waals surface area contributed by atoms with E-state index in [1.807, 2.05) is 12.1 Å². The molecule has 0 saturated carbocycles. The molecule has 1 heterocycles. The predicted molar refractivity (Wildman–Crippen MR) is 85.7 cm³/mol. The van der Waals surface area contributed by atoms with E-state index in [2.05, 4.69) is 4.98 Å². The van der Waals surface area contributed by atoms with Crippen LogP contribution >= 0.6 is 11.6 Å². The molecule has 0 saturated heterocycles. The van der Waals surface area contributed by atoms with Crippen LogP contribution in [0.2, 0.25) is 5.02 Å². The summed E-state index contributed by atoms with van der Waals surface area (Å²) in [6.45, 7) is 1.80. The fourth-order valence-corrected chi connectivity index (χ4v) is 3.29. The Morgan fingerprint density at radius 3 is 2.65 bits per heavy atom. The summed E-state index contributed by atoms with van der Waals surface area (Å²) in [5.41, 5.74) is 1.17. The number of aromatic nitrogens is 1. The lowest BCUT2D eigenvalue weighted by molar-refractivity contribution is 0.488. The summed E-state index contributed by atoms with van der Waals surface area (Å²) in [6.07, 6.45) is 0. The quantitative estimate of drug-likeness (QED) is 0.666. The maximum Gasteiger partial charge on any atom is 0.339 e. The van der Waals surface area contributed by atoms with Crippen molar-refractivity contribution in [3.05, 3.63) is 65.1 Å². The summed E-state index contributed by atoms with van der Waals surface area (Å²) in [5, 5.41) is 0.460. The minimum atomic E-state index is -4.15. The van der Waals surface area contributed by atoms with Crippen molar-refractivity contribution in [3.63, 3.8) is 0 Å². The van der Waals surface area contributed by atoms with Gasteiger partial charge in [-0.25, -0.2) is 9.37 Å². The van der Waals surface area contributed by atoms with Crippen molar-refractivity contribution in [2.75, 3.05) is 0 Å². The molecular formula is C16H11ClFNO3S. The van der Waals surface area contributed by atoms with E-state index in [4.69, 9.17) is 15.8 Å². The van der Waals surface area contributed by atoms with Gasteiger partial charge in [0.05, 0.1) is 5.02 Å². The van der Waals surface area contributed by atoms with Crippen LogP contribution in [0.5, 0.6) is 5.75 Å². The fraction of sp³-hybridized carbons (Fsp3) is 0.0625. The van der Waals surface area contributed by atoms with Crippen molar-refractivity contribution in [3.8, 4) is 5.75 Å². The third kappa shape index (κ3) is 3.13. The molecule has 0 bridgehead atoms. The second-order valence-electron chi connectivity index (χ2n) is 4.89. The number of fused-ring (bicyclic) bond motifs is 1. The van der Waals surface area contributed by atoms with E-state index in [-0.39, 0.29) is 15.7 Å². The van der Waals surface area contributed by atoms with Crippen molar-refractivity contribution in [1.29, 1.82) is 0 Å². The number of hydrogen-bond acceptors (Lipinski definition) is 4. The summed E-state index contributed by atoms with van der Waals surface area (Å²) in [4.78, 5) is 4.08. The van der Waals surface area contributed by atoms with Crippen LogP contribution in [0.4, 0.5) is 4.39 Å². The molecule has 0 N–H and O–H groups in total. The smallest absolute Gasteiger partial charge is 0.339 e. The van der Waals surface area contributed by atoms with Crippen LogP contribution in [0.15, 0.2) is 53.4 Å². The van der Waals surface area contributed by atoms with Crippen LogP contribution in [0.25, 0.3) is 10.9 Å². The monoisotopic (exact) mass is 351 g/mol. The van der Waals surface area contributed by atoms with Crippen LogP contribution in [0, 0.1) is 12.7 Å². The topological polar surface area (TPSA) is 56.3 Å². The maximum atomic E-state index is 13.2. The molecule has 3 aromatic rings. The second kappa shape index (κ2) is 5.79. The van der Waals surface area contributed by atoms with E-state index >= 15 is 0 Å². The highest BCUT2D eigenvalue weighted by Gasteiger charge is 2.20. The van der Waals surface area contributed by atoms with Gasteiger partial charge in [0.15, 0.2) is 5.75 Å². The van der Waals surface area contributed by atoms with E-state index in [0.717, 1.165) is 29.3 Å². The third-order valence-electron chi connectivity index (χ3n) is 3.20. The Morgan fingerprint density at radius 1 is 1.13 bits per heavy atom. The zero-order chi connectivity index (χ0) is 16.6. The van der Waals surface area contributed by atoms with Crippen molar-refractivity contribution >= 4 is 32.6 Å². The van der Waals surface area contributed by atoms with E-state index in [0.29, 0.717) is 5.52 Å². The Kier molecular flexibility index (Phi) is 3.95. The Labute approximate surface area is 137 Å². The van der Waals surface area contributed by atoms with Gasteiger partial charge in [0, 0.05) is 11.1 Å². The molecule has 0 atom stereocenters. The number of benzene rings is 2. The zero-order valence-corrected chi connectivity index (χ0v) is 13.5. The first-order valence-electron chi connectivity index (χ1n) is 6.63. The lowest BCUT2D eigenvalue weighted by atomic mass is 10.2. The predicted octanol–water partition coefficient (Wildman–Crippen LogP) is 4.10. The van der Waals surface area contributed by atoms with Crippen molar-refractivity contribution < 1.29 is 17.0 Å². The average molecular weight is 352 g/mol. The highest BCUT2D eigenvalue weighted by atomic mass is 35.5. The molecule has 2 aromatic carbocycles. The standard InChI is InChI=1S/C16H11ClFNO3S/c1-10-5-6-11-3-2-4-15(16(11)19-10)22-23(20,21)12-7-8-14(18)13(17)9-12/h2-9H,1H3. The Balaban J connectivity index is 2.07. The molecule has 0 fully saturated rings. The summed E-state index contributed by atoms with van der Waals surface area (Å²) < 4.78 is 43.1. The first-order chi connectivity index (χ1) is 10.9. The van der Waals surface area contributed by atoms with Crippen LogP contribution in [0.3, 0.4) is 0 Å². The molecule has 0 unspecified atom stereocenters. The number of pyridine rings is 1. The molecule has 4 nitrogen and oxygen atoms in total. The van der Waals surface area contributed by atoms with Gasteiger partial charge in [-0.2, -0.15) is 8.42 Å².